The first-order valence-electron chi connectivity index (χ1n) is 7.54. The van der Waals surface area contributed by atoms with Gasteiger partial charge < -0.3 is 9.64 Å². The quantitative estimate of drug-likeness (QED) is 0.741. The highest BCUT2D eigenvalue weighted by molar-refractivity contribution is 5.42. The number of ether oxygens (including phenoxy) is 1. The number of rotatable bonds is 3. The summed E-state index contributed by atoms with van der Waals surface area (Å²) in [5.41, 5.74) is 3.19. The first kappa shape index (κ1) is 13.7. The Kier molecular flexibility index (Phi) is 3.38. The van der Waals surface area contributed by atoms with Gasteiger partial charge in [0.05, 0.1) is 12.2 Å². The van der Waals surface area contributed by atoms with E-state index in [-0.39, 0.29) is 0 Å². The first-order valence-corrected chi connectivity index (χ1v) is 7.54. The monoisotopic (exact) mass is 304 g/mol. The molecule has 1 aromatic carbocycles. The molecule has 0 N–H and O–H groups in total. The zero-order chi connectivity index (χ0) is 15.6. The maximum Gasteiger partial charge on any atom is 0.229 e. The van der Waals surface area contributed by atoms with E-state index < -0.39 is 0 Å². The van der Waals surface area contributed by atoms with Gasteiger partial charge in [-0.2, -0.15) is 4.98 Å². The van der Waals surface area contributed by atoms with Crippen molar-refractivity contribution in [2.45, 2.75) is 20.0 Å². The Bertz CT molecular complexity index is 810. The summed E-state index contributed by atoms with van der Waals surface area (Å²) in [7, 11) is 0. The molecule has 1 aliphatic heterocycles. The highest BCUT2D eigenvalue weighted by Crippen LogP contribution is 2.27. The smallest absolute Gasteiger partial charge is 0.229 e. The fourth-order valence-electron chi connectivity index (χ4n) is 2.67. The van der Waals surface area contributed by atoms with E-state index in [1.54, 1.807) is 0 Å². The number of anilines is 1. The van der Waals surface area contributed by atoms with Gasteiger partial charge in [-0.3, -0.25) is 4.98 Å². The number of fused-ring (bicyclic) bond motifs is 1. The summed E-state index contributed by atoms with van der Waals surface area (Å²) in [6, 6.07) is 15.6. The number of benzene rings is 1. The molecule has 0 unspecified atom stereocenters. The molecule has 114 valence electrons. The minimum absolute atomic E-state index is 0.558. The van der Waals surface area contributed by atoms with E-state index in [4.69, 9.17) is 4.74 Å². The van der Waals surface area contributed by atoms with Crippen LogP contribution in [-0.4, -0.2) is 15.0 Å². The highest BCUT2D eigenvalue weighted by Gasteiger charge is 2.22. The third kappa shape index (κ3) is 2.85. The molecule has 0 bridgehead atoms. The number of aromatic nitrogens is 3. The van der Waals surface area contributed by atoms with Gasteiger partial charge in [0, 0.05) is 24.5 Å². The van der Waals surface area contributed by atoms with Crippen LogP contribution >= 0.6 is 0 Å². The van der Waals surface area contributed by atoms with Crippen molar-refractivity contribution in [3.8, 4) is 11.6 Å². The molecule has 2 aromatic heterocycles. The van der Waals surface area contributed by atoms with Crippen LogP contribution in [-0.2, 0) is 13.1 Å². The Morgan fingerprint density at radius 1 is 1.00 bits per heavy atom. The molecule has 0 amide bonds. The Balaban J connectivity index is 1.61. The minimum atomic E-state index is 0.558. The molecule has 23 heavy (non-hydrogen) atoms. The van der Waals surface area contributed by atoms with Crippen molar-refractivity contribution in [1.82, 2.24) is 15.0 Å². The number of hydrogen-bond donors (Lipinski definition) is 0. The van der Waals surface area contributed by atoms with Crippen LogP contribution < -0.4 is 9.64 Å². The van der Waals surface area contributed by atoms with E-state index in [2.05, 4.69) is 25.9 Å². The lowest BCUT2D eigenvalue weighted by Crippen LogP contribution is -2.18. The van der Waals surface area contributed by atoms with Crippen LogP contribution in [0, 0.1) is 6.92 Å². The Labute approximate surface area is 134 Å². The average Bonchev–Trinajstić information content (AvgIpc) is 2.99. The summed E-state index contributed by atoms with van der Waals surface area (Å²) in [4.78, 5) is 15.6. The Morgan fingerprint density at radius 3 is 2.70 bits per heavy atom. The summed E-state index contributed by atoms with van der Waals surface area (Å²) in [6.45, 7) is 3.45. The molecule has 0 radical (unpaired) electrons. The molecule has 3 aromatic rings. The number of nitrogens with zero attached hydrogens (tertiary/aromatic N) is 4. The van der Waals surface area contributed by atoms with Crippen molar-refractivity contribution in [3.63, 3.8) is 0 Å². The molecule has 0 saturated heterocycles. The van der Waals surface area contributed by atoms with E-state index in [0.717, 1.165) is 30.2 Å². The molecule has 0 spiro atoms. The van der Waals surface area contributed by atoms with Gasteiger partial charge in [0.25, 0.3) is 0 Å². The predicted molar refractivity (Wildman–Crippen MR) is 87.4 cm³/mol. The van der Waals surface area contributed by atoms with Crippen molar-refractivity contribution in [3.05, 3.63) is 71.7 Å². The maximum atomic E-state index is 5.84. The van der Waals surface area contributed by atoms with Crippen LogP contribution in [0.3, 0.4) is 0 Å². The van der Waals surface area contributed by atoms with Crippen LogP contribution in [0.4, 0.5) is 5.95 Å². The van der Waals surface area contributed by atoms with Crippen molar-refractivity contribution >= 4 is 5.95 Å². The summed E-state index contributed by atoms with van der Waals surface area (Å²) in [5, 5.41) is 0. The summed E-state index contributed by atoms with van der Waals surface area (Å²) in [6.07, 6.45) is 1.82. The summed E-state index contributed by atoms with van der Waals surface area (Å²) in [5.74, 6) is 2.00. The first-order chi connectivity index (χ1) is 11.3. The van der Waals surface area contributed by atoms with Crippen LogP contribution in [0.5, 0.6) is 11.6 Å². The van der Waals surface area contributed by atoms with Gasteiger partial charge >= 0.3 is 0 Å². The zero-order valence-electron chi connectivity index (χ0n) is 12.8. The second-order valence-electron chi connectivity index (χ2n) is 5.53. The predicted octanol–water partition coefficient (Wildman–Crippen LogP) is 3.49. The molecule has 0 atom stereocenters. The van der Waals surface area contributed by atoms with Gasteiger partial charge in [-0.1, -0.05) is 24.3 Å². The van der Waals surface area contributed by atoms with Gasteiger partial charge in [0.15, 0.2) is 0 Å². The molecular weight excluding hydrogens is 288 g/mol. The lowest BCUT2D eigenvalue weighted by molar-refractivity contribution is 0.460. The standard InChI is InChI=1S/C18H16N4O/c1-13-10-17(23-15-7-3-2-4-8-15)21-18(20-13)22-11-14-6-5-9-19-16(14)12-22/h2-10H,11-12H2,1H3. The van der Waals surface area contributed by atoms with E-state index in [1.807, 2.05) is 55.6 Å². The molecule has 3 heterocycles. The van der Waals surface area contributed by atoms with Crippen LogP contribution in [0.2, 0.25) is 0 Å². The van der Waals surface area contributed by atoms with Gasteiger partial charge in [0.1, 0.15) is 5.75 Å². The van der Waals surface area contributed by atoms with Crippen molar-refractivity contribution < 1.29 is 4.74 Å². The largest absolute Gasteiger partial charge is 0.439 e. The number of aryl methyl sites for hydroxylation is 1. The third-order valence-corrected chi connectivity index (χ3v) is 3.75. The van der Waals surface area contributed by atoms with Crippen LogP contribution in [0.25, 0.3) is 0 Å². The number of hydrogen-bond acceptors (Lipinski definition) is 5. The molecule has 5 heteroatoms. The molecule has 0 aliphatic carbocycles. The van der Waals surface area contributed by atoms with Gasteiger partial charge in [-0.25, -0.2) is 4.98 Å². The van der Waals surface area contributed by atoms with Gasteiger partial charge in [-0.15, -0.1) is 0 Å². The maximum absolute atomic E-state index is 5.84. The summed E-state index contributed by atoms with van der Waals surface area (Å²) >= 11 is 0. The van der Waals surface area contributed by atoms with E-state index in [9.17, 15) is 0 Å². The van der Waals surface area contributed by atoms with Gasteiger partial charge in [-0.05, 0) is 30.7 Å². The van der Waals surface area contributed by atoms with E-state index in [1.165, 1.54) is 5.56 Å². The topological polar surface area (TPSA) is 51.1 Å². The number of pyridine rings is 1. The second-order valence-corrected chi connectivity index (χ2v) is 5.53. The molecule has 0 saturated carbocycles. The Hall–Kier alpha value is -2.95. The lowest BCUT2D eigenvalue weighted by Gasteiger charge is -2.16. The van der Waals surface area contributed by atoms with Crippen molar-refractivity contribution in [1.29, 1.82) is 0 Å². The fraction of sp³-hybridized carbons (Fsp3) is 0.167. The average molecular weight is 304 g/mol. The molecule has 5 nitrogen and oxygen atoms in total. The molecule has 0 fully saturated rings. The highest BCUT2D eigenvalue weighted by atomic mass is 16.5. The number of para-hydroxylation sites is 1. The van der Waals surface area contributed by atoms with Gasteiger partial charge in [0.2, 0.25) is 11.8 Å². The molecular formula is C18H16N4O. The molecule has 4 rings (SSSR count). The normalized spacial score (nSPS) is 13.0. The minimum Gasteiger partial charge on any atom is -0.439 e. The van der Waals surface area contributed by atoms with Crippen molar-refractivity contribution in [2.75, 3.05) is 4.90 Å². The van der Waals surface area contributed by atoms with Crippen molar-refractivity contribution in [2.24, 2.45) is 0 Å². The van der Waals surface area contributed by atoms with E-state index in [0.29, 0.717) is 11.8 Å². The van der Waals surface area contributed by atoms with Crippen LogP contribution in [0.15, 0.2) is 54.7 Å². The lowest BCUT2D eigenvalue weighted by atomic mass is 10.2. The third-order valence-electron chi connectivity index (χ3n) is 3.75. The molecule has 1 aliphatic rings. The van der Waals surface area contributed by atoms with Crippen LogP contribution in [0.1, 0.15) is 17.0 Å². The SMILES string of the molecule is Cc1cc(Oc2ccccc2)nc(N2Cc3cccnc3C2)n1. The second kappa shape index (κ2) is 5.68. The van der Waals surface area contributed by atoms with E-state index >= 15 is 0 Å². The fourth-order valence-corrected chi connectivity index (χ4v) is 2.67. The Morgan fingerprint density at radius 2 is 1.87 bits per heavy atom. The zero-order valence-corrected chi connectivity index (χ0v) is 12.8. The summed E-state index contributed by atoms with van der Waals surface area (Å²) < 4.78 is 5.84.